The number of hydrogen-bond acceptors (Lipinski definition) is 7. The summed E-state index contributed by atoms with van der Waals surface area (Å²) in [5.74, 6) is -3.18. The highest BCUT2D eigenvalue weighted by Gasteiger charge is 2.31. The summed E-state index contributed by atoms with van der Waals surface area (Å²) in [4.78, 5) is 63.6. The minimum atomic E-state index is -1.26. The van der Waals surface area contributed by atoms with Crippen LogP contribution in [0.3, 0.4) is 0 Å². The monoisotopic (exact) mass is 538 g/mol. The number of amides is 5. The first-order chi connectivity index (χ1) is 18.6. The van der Waals surface area contributed by atoms with Crippen LogP contribution < -0.4 is 32.7 Å². The summed E-state index contributed by atoms with van der Waals surface area (Å²) in [6, 6.07) is 10.8. The Bertz CT molecular complexity index is 1170. The van der Waals surface area contributed by atoms with Gasteiger partial charge in [0.15, 0.2) is 0 Å². The van der Waals surface area contributed by atoms with Crippen molar-refractivity contribution in [2.75, 3.05) is 6.54 Å². The van der Waals surface area contributed by atoms with Crippen LogP contribution in [0.4, 0.5) is 0 Å². The first-order valence-corrected chi connectivity index (χ1v) is 12.7. The fourth-order valence-corrected chi connectivity index (χ4v) is 4.14. The number of hydrogen-bond donors (Lipinski definition) is 7. The number of benzene rings is 2. The van der Waals surface area contributed by atoms with Crippen molar-refractivity contribution >= 4 is 29.5 Å². The molecule has 1 fully saturated rings. The molecule has 0 spiro atoms. The second-order valence-corrected chi connectivity index (χ2v) is 9.45. The second kappa shape index (κ2) is 13.9. The molecule has 3 rings (SSSR count). The van der Waals surface area contributed by atoms with Crippen molar-refractivity contribution in [3.8, 4) is 5.75 Å². The van der Waals surface area contributed by atoms with Crippen LogP contribution in [0.2, 0.25) is 0 Å². The number of nitrogens with one attached hydrogen (secondary N) is 4. The molecule has 12 heteroatoms. The van der Waals surface area contributed by atoms with Crippen LogP contribution in [0, 0.1) is 0 Å². The van der Waals surface area contributed by atoms with Crippen molar-refractivity contribution in [2.45, 2.75) is 56.3 Å². The lowest BCUT2D eigenvalue weighted by atomic mass is 10.0. The van der Waals surface area contributed by atoms with Crippen LogP contribution in [0.15, 0.2) is 54.6 Å². The Morgan fingerprint density at radius 3 is 2.33 bits per heavy atom. The lowest BCUT2D eigenvalue weighted by Crippen LogP contribution is -2.58. The zero-order valence-electron chi connectivity index (χ0n) is 21.4. The second-order valence-electron chi connectivity index (χ2n) is 9.45. The molecule has 39 heavy (non-hydrogen) atoms. The van der Waals surface area contributed by atoms with Crippen molar-refractivity contribution in [1.82, 2.24) is 21.3 Å². The lowest BCUT2D eigenvalue weighted by Gasteiger charge is -2.25. The normalized spacial score (nSPS) is 21.6. The molecule has 3 unspecified atom stereocenters. The number of carbonyl (C=O) groups is 5. The predicted octanol–water partition coefficient (Wildman–Crippen LogP) is -1.26. The number of primary amides is 1. The maximum atomic E-state index is 13.3. The molecule has 2 aromatic rings. The van der Waals surface area contributed by atoms with Gasteiger partial charge in [-0.25, -0.2) is 0 Å². The van der Waals surface area contributed by atoms with Crippen molar-refractivity contribution in [3.63, 3.8) is 0 Å². The zero-order chi connectivity index (χ0) is 28.4. The van der Waals surface area contributed by atoms with Crippen molar-refractivity contribution in [1.29, 1.82) is 0 Å². The minimum absolute atomic E-state index is 0.0841. The molecule has 12 nitrogen and oxygen atoms in total. The van der Waals surface area contributed by atoms with E-state index in [0.717, 1.165) is 11.1 Å². The molecule has 1 aliphatic rings. The third kappa shape index (κ3) is 9.11. The van der Waals surface area contributed by atoms with Crippen LogP contribution in [0.1, 0.15) is 30.4 Å². The molecule has 0 bridgehead atoms. The summed E-state index contributed by atoms with van der Waals surface area (Å²) >= 11 is 0. The van der Waals surface area contributed by atoms with Crippen LogP contribution >= 0.6 is 0 Å². The van der Waals surface area contributed by atoms with Gasteiger partial charge in [-0.05, 0) is 42.5 Å². The van der Waals surface area contributed by atoms with Crippen LogP contribution in [-0.2, 0) is 36.8 Å². The molecule has 208 valence electrons. The number of nitrogens with two attached hydrogens (primary N) is 2. The fourth-order valence-electron chi connectivity index (χ4n) is 4.14. The van der Waals surface area contributed by atoms with E-state index in [-0.39, 0.29) is 38.0 Å². The minimum Gasteiger partial charge on any atom is -0.508 e. The largest absolute Gasteiger partial charge is 0.508 e. The Labute approximate surface area is 225 Å². The van der Waals surface area contributed by atoms with E-state index in [0.29, 0.717) is 6.42 Å². The van der Waals surface area contributed by atoms with E-state index < -0.39 is 53.7 Å². The summed E-state index contributed by atoms with van der Waals surface area (Å²) in [5.41, 5.74) is 13.0. The number of carbonyl (C=O) groups excluding carboxylic acids is 5. The van der Waals surface area contributed by atoms with Crippen LogP contribution in [-0.4, -0.2) is 65.4 Å². The first kappa shape index (κ1) is 29.1. The highest BCUT2D eigenvalue weighted by Crippen LogP contribution is 2.12. The van der Waals surface area contributed by atoms with E-state index in [2.05, 4.69) is 21.3 Å². The highest BCUT2D eigenvalue weighted by molar-refractivity contribution is 5.96. The van der Waals surface area contributed by atoms with Gasteiger partial charge in [-0.2, -0.15) is 0 Å². The zero-order valence-corrected chi connectivity index (χ0v) is 21.4. The van der Waals surface area contributed by atoms with E-state index in [9.17, 15) is 29.1 Å². The molecule has 0 saturated carbocycles. The van der Waals surface area contributed by atoms with Gasteiger partial charge in [0.05, 0.1) is 12.5 Å². The summed E-state index contributed by atoms with van der Waals surface area (Å²) in [6.07, 6.45) is 0.395. The predicted molar refractivity (Wildman–Crippen MR) is 142 cm³/mol. The highest BCUT2D eigenvalue weighted by atomic mass is 16.3. The van der Waals surface area contributed by atoms with Crippen molar-refractivity contribution in [2.24, 2.45) is 11.5 Å². The average molecular weight is 539 g/mol. The maximum Gasteiger partial charge on any atom is 0.243 e. The number of phenolic OH excluding ortho intramolecular Hbond substituents is 1. The van der Waals surface area contributed by atoms with Crippen LogP contribution in [0.25, 0.3) is 0 Å². The molecule has 9 N–H and O–H groups in total. The number of phenols is 1. The molecule has 1 heterocycles. The maximum absolute atomic E-state index is 13.3. The third-order valence-corrected chi connectivity index (χ3v) is 6.32. The Balaban J connectivity index is 1.79. The summed E-state index contributed by atoms with van der Waals surface area (Å²) < 4.78 is 0. The van der Waals surface area contributed by atoms with E-state index in [1.807, 2.05) is 0 Å². The van der Waals surface area contributed by atoms with E-state index in [1.165, 1.54) is 12.1 Å². The topological polar surface area (TPSA) is 206 Å². The average Bonchev–Trinajstić information content (AvgIpc) is 2.91. The molecule has 1 aliphatic heterocycles. The number of aromatic hydroxyl groups is 1. The van der Waals surface area contributed by atoms with Crippen molar-refractivity contribution < 1.29 is 29.1 Å². The smallest absolute Gasteiger partial charge is 0.243 e. The summed E-state index contributed by atoms with van der Waals surface area (Å²) in [5, 5.41) is 19.9. The quantitative estimate of drug-likeness (QED) is 0.228. The Morgan fingerprint density at radius 1 is 0.974 bits per heavy atom. The molecule has 2 aromatic carbocycles. The molecule has 5 amide bonds. The standard InChI is InChI=1S/C27H34N6O6/c28-19(13-17-8-10-18(34)11-9-17)25(37)31-20-7-4-12-30-23(35)15-21(24(29)36)32-27(39)22(33-26(20)38)14-16-5-2-1-3-6-16/h1-3,5-6,8-11,19-22,34H,4,7,12-15,28H2,(H2,29,36)(H,30,35)(H,31,37)(H,32,39)(H,33,38)/t19-,20?,21?,22?/m0/s1. The Morgan fingerprint density at radius 2 is 1.67 bits per heavy atom. The van der Waals surface area contributed by atoms with Gasteiger partial charge in [0.2, 0.25) is 29.5 Å². The van der Waals surface area contributed by atoms with Gasteiger partial charge in [0.1, 0.15) is 23.9 Å². The van der Waals surface area contributed by atoms with Gasteiger partial charge in [0.25, 0.3) is 0 Å². The molecule has 0 radical (unpaired) electrons. The lowest BCUT2D eigenvalue weighted by molar-refractivity contribution is -0.134. The summed E-state index contributed by atoms with van der Waals surface area (Å²) in [7, 11) is 0. The summed E-state index contributed by atoms with van der Waals surface area (Å²) in [6.45, 7) is 0.172. The van der Waals surface area contributed by atoms with E-state index in [4.69, 9.17) is 11.5 Å². The first-order valence-electron chi connectivity index (χ1n) is 12.7. The van der Waals surface area contributed by atoms with Gasteiger partial charge in [0, 0.05) is 13.0 Å². The van der Waals surface area contributed by atoms with Gasteiger partial charge in [-0.1, -0.05) is 42.5 Å². The van der Waals surface area contributed by atoms with Crippen molar-refractivity contribution in [3.05, 3.63) is 65.7 Å². The third-order valence-electron chi connectivity index (χ3n) is 6.32. The Hall–Kier alpha value is -4.45. The van der Waals surface area contributed by atoms with E-state index in [1.54, 1.807) is 42.5 Å². The van der Waals surface area contributed by atoms with Gasteiger partial charge in [-0.15, -0.1) is 0 Å². The van der Waals surface area contributed by atoms with Gasteiger partial charge in [-0.3, -0.25) is 24.0 Å². The number of rotatable bonds is 7. The molecular formula is C27H34N6O6. The molecule has 4 atom stereocenters. The molecule has 0 aromatic heterocycles. The van der Waals surface area contributed by atoms with Crippen LogP contribution in [0.5, 0.6) is 5.75 Å². The van der Waals surface area contributed by atoms with E-state index >= 15 is 0 Å². The molecule has 0 aliphatic carbocycles. The fraction of sp³-hybridized carbons (Fsp3) is 0.370. The molecule has 1 saturated heterocycles. The van der Waals surface area contributed by atoms with Gasteiger partial charge >= 0.3 is 0 Å². The SMILES string of the molecule is NC(=O)C1CC(=O)NCCCC(NC(=O)[C@@H](N)Cc2ccc(O)cc2)C(=O)NC(Cc2ccccc2)C(=O)N1. The molecular weight excluding hydrogens is 504 g/mol. The Kier molecular flexibility index (Phi) is 10.4. The van der Waals surface area contributed by atoms with Gasteiger partial charge < -0.3 is 37.8 Å².